The minimum atomic E-state index is -3.55. The van der Waals surface area contributed by atoms with E-state index in [4.69, 9.17) is 4.74 Å². The molecule has 0 saturated carbocycles. The van der Waals surface area contributed by atoms with Crippen molar-refractivity contribution in [2.45, 2.75) is 24.6 Å². The van der Waals surface area contributed by atoms with E-state index >= 15 is 0 Å². The van der Waals surface area contributed by atoms with Crippen LogP contribution in [0.5, 0.6) is 0 Å². The summed E-state index contributed by atoms with van der Waals surface area (Å²) in [4.78, 5) is 0. The van der Waals surface area contributed by atoms with Crippen molar-refractivity contribution >= 4 is 10.0 Å². The maximum absolute atomic E-state index is 12.5. The normalized spacial score (nSPS) is 22.9. The zero-order chi connectivity index (χ0) is 14.8. The van der Waals surface area contributed by atoms with Gasteiger partial charge in [-0.3, -0.25) is 0 Å². The summed E-state index contributed by atoms with van der Waals surface area (Å²) < 4.78 is 31.3. The van der Waals surface area contributed by atoms with Crippen molar-refractivity contribution < 1.29 is 13.2 Å². The summed E-state index contributed by atoms with van der Waals surface area (Å²) in [6.45, 7) is 2.46. The molecule has 0 unspecified atom stereocenters. The first-order chi connectivity index (χ1) is 9.39. The monoisotopic (exact) mass is 294 g/mol. The molecule has 0 amide bonds. The molecule has 1 heterocycles. The first kappa shape index (κ1) is 15.0. The Labute approximate surface area is 119 Å². The smallest absolute Gasteiger partial charge is 0.219 e. The van der Waals surface area contributed by atoms with Gasteiger partial charge in [-0.05, 0) is 12.5 Å². The molecule has 1 aromatic rings. The van der Waals surface area contributed by atoms with Gasteiger partial charge < -0.3 is 4.74 Å². The second kappa shape index (κ2) is 5.52. The predicted molar refractivity (Wildman–Crippen MR) is 75.3 cm³/mol. The maximum Gasteiger partial charge on any atom is 0.219 e. The molecule has 6 heteroatoms. The van der Waals surface area contributed by atoms with Gasteiger partial charge in [0.05, 0.1) is 18.4 Å². The summed E-state index contributed by atoms with van der Waals surface area (Å²) in [5.74, 6) is -0.103. The first-order valence-electron chi connectivity index (χ1n) is 6.41. The lowest BCUT2D eigenvalue weighted by molar-refractivity contribution is 0.162. The van der Waals surface area contributed by atoms with Gasteiger partial charge in [-0.1, -0.05) is 29.8 Å². The average Bonchev–Trinajstić information content (AvgIpc) is 2.87. The molecule has 1 saturated heterocycles. The SMILES string of the molecule is Cc1cccc(CS(=O)(=O)N(C)[C@@]2(C#N)CCOC2)c1. The van der Waals surface area contributed by atoms with Crippen molar-refractivity contribution in [1.82, 2.24) is 4.31 Å². The van der Waals surface area contributed by atoms with Crippen LogP contribution < -0.4 is 0 Å². The van der Waals surface area contributed by atoms with Crippen LogP contribution in [-0.4, -0.2) is 38.5 Å². The zero-order valence-corrected chi connectivity index (χ0v) is 12.5. The third-order valence-corrected chi connectivity index (χ3v) is 5.54. The van der Waals surface area contributed by atoms with E-state index in [9.17, 15) is 13.7 Å². The predicted octanol–water partition coefficient (Wildman–Crippen LogP) is 1.44. The number of hydrogen-bond donors (Lipinski definition) is 0. The van der Waals surface area contributed by atoms with Gasteiger partial charge in [0.1, 0.15) is 5.54 Å². The summed E-state index contributed by atoms with van der Waals surface area (Å²) in [6, 6.07) is 9.48. The van der Waals surface area contributed by atoms with Crippen LogP contribution in [0.1, 0.15) is 17.5 Å². The van der Waals surface area contributed by atoms with E-state index in [-0.39, 0.29) is 12.4 Å². The quantitative estimate of drug-likeness (QED) is 0.842. The van der Waals surface area contributed by atoms with Crippen molar-refractivity contribution in [3.63, 3.8) is 0 Å². The van der Waals surface area contributed by atoms with Crippen LogP contribution in [0.25, 0.3) is 0 Å². The molecule has 5 nitrogen and oxygen atoms in total. The van der Waals surface area contributed by atoms with Crippen LogP contribution in [0.4, 0.5) is 0 Å². The molecule has 1 aromatic carbocycles. The van der Waals surface area contributed by atoms with Crippen LogP contribution in [0.2, 0.25) is 0 Å². The number of sulfonamides is 1. The fraction of sp³-hybridized carbons (Fsp3) is 0.500. The second-order valence-electron chi connectivity index (χ2n) is 5.16. The van der Waals surface area contributed by atoms with Gasteiger partial charge >= 0.3 is 0 Å². The Morgan fingerprint density at radius 2 is 2.25 bits per heavy atom. The van der Waals surface area contributed by atoms with Crippen LogP contribution in [0, 0.1) is 18.3 Å². The number of ether oxygens (including phenoxy) is 1. The highest BCUT2D eigenvalue weighted by molar-refractivity contribution is 7.88. The van der Waals surface area contributed by atoms with Crippen LogP contribution in [0.15, 0.2) is 24.3 Å². The van der Waals surface area contributed by atoms with Gasteiger partial charge in [0.2, 0.25) is 10.0 Å². The van der Waals surface area contributed by atoms with Gasteiger partial charge in [-0.2, -0.15) is 9.57 Å². The lowest BCUT2D eigenvalue weighted by Gasteiger charge is -2.30. The number of hydrogen-bond acceptors (Lipinski definition) is 4. The molecule has 20 heavy (non-hydrogen) atoms. The van der Waals surface area contributed by atoms with Crippen LogP contribution in [0.3, 0.4) is 0 Å². The maximum atomic E-state index is 12.5. The zero-order valence-electron chi connectivity index (χ0n) is 11.7. The Bertz CT molecular complexity index is 628. The van der Waals surface area contributed by atoms with Gasteiger partial charge in [0.25, 0.3) is 0 Å². The minimum Gasteiger partial charge on any atom is -0.378 e. The molecule has 2 rings (SSSR count). The van der Waals surface area contributed by atoms with E-state index in [1.165, 1.54) is 11.4 Å². The number of nitrogens with zero attached hydrogens (tertiary/aromatic N) is 2. The molecular formula is C14H18N2O3S. The molecule has 0 radical (unpaired) electrons. The fourth-order valence-corrected chi connectivity index (χ4v) is 3.85. The Kier molecular flexibility index (Phi) is 4.14. The highest BCUT2D eigenvalue weighted by Crippen LogP contribution is 2.28. The van der Waals surface area contributed by atoms with Gasteiger partial charge in [0, 0.05) is 20.1 Å². The molecule has 0 bridgehead atoms. The minimum absolute atomic E-state index is 0.103. The molecule has 0 aliphatic carbocycles. The van der Waals surface area contributed by atoms with E-state index in [0.717, 1.165) is 11.1 Å². The lowest BCUT2D eigenvalue weighted by atomic mass is 10.0. The number of likely N-dealkylation sites (N-methyl/N-ethyl adjacent to an activating group) is 1. The topological polar surface area (TPSA) is 70.4 Å². The van der Waals surface area contributed by atoms with Crippen molar-refractivity contribution in [3.05, 3.63) is 35.4 Å². The lowest BCUT2D eigenvalue weighted by Crippen LogP contribution is -2.49. The van der Waals surface area contributed by atoms with Crippen LogP contribution in [-0.2, 0) is 20.5 Å². The van der Waals surface area contributed by atoms with Crippen LogP contribution >= 0.6 is 0 Å². The largest absolute Gasteiger partial charge is 0.378 e. The molecule has 1 aliphatic rings. The standard InChI is InChI=1S/C14H18N2O3S/c1-12-4-3-5-13(8-12)9-20(17,18)16(2)14(10-15)6-7-19-11-14/h3-5,8H,6-7,9,11H2,1-2H3/t14-/m1/s1. The number of rotatable bonds is 4. The summed E-state index contributed by atoms with van der Waals surface area (Å²) in [5, 5.41) is 9.32. The molecule has 0 aromatic heterocycles. The van der Waals surface area contributed by atoms with E-state index < -0.39 is 15.6 Å². The van der Waals surface area contributed by atoms with Gasteiger partial charge in [0.15, 0.2) is 0 Å². The second-order valence-corrected chi connectivity index (χ2v) is 7.16. The number of benzene rings is 1. The van der Waals surface area contributed by atoms with E-state index in [1.54, 1.807) is 6.07 Å². The van der Waals surface area contributed by atoms with E-state index in [2.05, 4.69) is 6.07 Å². The average molecular weight is 294 g/mol. The third-order valence-electron chi connectivity index (χ3n) is 3.66. The van der Waals surface area contributed by atoms with Crippen molar-refractivity contribution in [3.8, 4) is 6.07 Å². The molecule has 1 atom stereocenters. The first-order valence-corrected chi connectivity index (χ1v) is 8.02. The molecule has 1 fully saturated rings. The Morgan fingerprint density at radius 3 is 2.80 bits per heavy atom. The molecule has 0 N–H and O–H groups in total. The van der Waals surface area contributed by atoms with Crippen molar-refractivity contribution in [2.75, 3.05) is 20.3 Å². The summed E-state index contributed by atoms with van der Waals surface area (Å²) in [7, 11) is -2.09. The van der Waals surface area contributed by atoms with Gasteiger partial charge in [-0.25, -0.2) is 8.42 Å². The summed E-state index contributed by atoms with van der Waals surface area (Å²) in [5.41, 5.74) is 0.672. The third kappa shape index (κ3) is 2.85. The number of aryl methyl sites for hydroxylation is 1. The highest BCUT2D eigenvalue weighted by Gasteiger charge is 2.44. The summed E-state index contributed by atoms with van der Waals surface area (Å²) in [6.07, 6.45) is 0.410. The molecule has 0 spiro atoms. The van der Waals surface area contributed by atoms with Crippen molar-refractivity contribution in [1.29, 1.82) is 5.26 Å². The number of nitriles is 1. The molecule has 108 valence electrons. The van der Waals surface area contributed by atoms with Gasteiger partial charge in [-0.15, -0.1) is 0 Å². The Hall–Kier alpha value is -1.42. The van der Waals surface area contributed by atoms with Crippen molar-refractivity contribution in [2.24, 2.45) is 0 Å². The van der Waals surface area contributed by atoms with E-state index in [1.807, 2.05) is 25.1 Å². The Balaban J connectivity index is 2.24. The molecule has 1 aliphatic heterocycles. The molecular weight excluding hydrogens is 276 g/mol. The fourth-order valence-electron chi connectivity index (χ4n) is 2.34. The van der Waals surface area contributed by atoms with E-state index in [0.29, 0.717) is 13.0 Å². The summed E-state index contributed by atoms with van der Waals surface area (Å²) >= 11 is 0. The Morgan fingerprint density at radius 1 is 1.50 bits per heavy atom. The highest BCUT2D eigenvalue weighted by atomic mass is 32.2.